The average molecular weight is 1070 g/mol. The Labute approximate surface area is 470 Å². The van der Waals surface area contributed by atoms with Crippen molar-refractivity contribution in [1.29, 1.82) is 0 Å². The Morgan fingerprint density at radius 2 is 0.711 bits per heavy atom. The zero-order valence-corrected chi connectivity index (χ0v) is 50.9. The molecule has 0 aromatic heterocycles. The van der Waals surface area contributed by atoms with Gasteiger partial charge in [-0.05, 0) is 51.4 Å². The number of hydrogen-bond acceptors (Lipinski definition) is 7. The molecule has 0 aliphatic rings. The van der Waals surface area contributed by atoms with E-state index in [2.05, 4.69) is 50.3 Å². The molecule has 2 unspecified atom stereocenters. The van der Waals surface area contributed by atoms with Crippen LogP contribution in [0.1, 0.15) is 316 Å². The first-order valence-electron chi connectivity index (χ1n) is 32.7. The summed E-state index contributed by atoms with van der Waals surface area (Å²) in [6.45, 7) is 4.90. The van der Waals surface area contributed by atoms with Gasteiger partial charge in [0.25, 0.3) is 6.29 Å². The van der Waals surface area contributed by atoms with Gasteiger partial charge in [-0.25, -0.2) is 4.79 Å². The van der Waals surface area contributed by atoms with Gasteiger partial charge in [0.05, 0.1) is 34.4 Å². The number of carbonyl (C=O) groups is 3. The third-order valence-corrected chi connectivity index (χ3v) is 14.6. The smallest absolute Gasteiger partial charge is 0.361 e. The van der Waals surface area contributed by atoms with Crippen LogP contribution in [0.2, 0.25) is 0 Å². The van der Waals surface area contributed by atoms with Gasteiger partial charge in [0, 0.05) is 12.8 Å². The second-order valence-electron chi connectivity index (χ2n) is 23.4. The van der Waals surface area contributed by atoms with Crippen molar-refractivity contribution in [3.05, 3.63) is 36.5 Å². The van der Waals surface area contributed by atoms with Crippen molar-refractivity contribution in [2.75, 3.05) is 47.5 Å². The standard InChI is InChI=1S/C67H125NO8/c1-6-8-10-12-14-16-18-20-22-24-26-28-29-30-31-32-33-34-35-36-38-39-41-43-45-47-49-51-53-55-57-64(69)74-61-63(62-75-67(66(71)72)73-60-59-68(3,4)5)76-65(70)58-56-54-52-50-48-46-44-42-40-37-27-25-23-21-19-17-15-13-11-9-7-2/h19,21,25,27,40,42,63,67H,6-18,20,22-24,26,28-39,41,43-62H2,1-5H3/p+1/b21-19-,27-25-,42-40-. The molecule has 0 saturated carbocycles. The van der Waals surface area contributed by atoms with Crippen molar-refractivity contribution in [2.24, 2.45) is 0 Å². The maximum atomic E-state index is 12.9. The molecule has 0 amide bonds. The SMILES string of the molecule is CCCCCCC/C=C\C/C=C\C/C=C\CCCCCCCCC(=O)OC(COC(=O)CCCCCCCCCCCCCCCCCCCCCCCCCCCCCCCC)COC(OCC[N+](C)(C)C)C(=O)O. The minimum atomic E-state index is -1.51. The van der Waals surface area contributed by atoms with Crippen LogP contribution >= 0.6 is 0 Å². The van der Waals surface area contributed by atoms with Gasteiger partial charge in [-0.2, -0.15) is 0 Å². The van der Waals surface area contributed by atoms with Crippen LogP contribution < -0.4 is 0 Å². The fourth-order valence-corrected chi connectivity index (χ4v) is 9.61. The number of carboxylic acids is 1. The molecular formula is C67H126NO8+. The number of allylic oxidation sites excluding steroid dienone is 6. The van der Waals surface area contributed by atoms with E-state index in [0.29, 0.717) is 23.9 Å². The van der Waals surface area contributed by atoms with Crippen LogP contribution in [-0.4, -0.2) is 87.4 Å². The quantitative estimate of drug-likeness (QED) is 0.0211. The number of aliphatic carboxylic acids is 1. The van der Waals surface area contributed by atoms with Crippen molar-refractivity contribution < 1.29 is 42.9 Å². The summed E-state index contributed by atoms with van der Waals surface area (Å²) in [5, 5.41) is 9.72. The highest BCUT2D eigenvalue weighted by molar-refractivity contribution is 5.71. The van der Waals surface area contributed by atoms with E-state index in [1.807, 2.05) is 21.1 Å². The van der Waals surface area contributed by atoms with Crippen LogP contribution in [0.3, 0.4) is 0 Å². The van der Waals surface area contributed by atoms with Gasteiger partial charge in [0.15, 0.2) is 6.10 Å². The maximum absolute atomic E-state index is 12.9. The molecule has 0 rings (SSSR count). The summed E-state index contributed by atoms with van der Waals surface area (Å²) in [4.78, 5) is 37.5. The first kappa shape index (κ1) is 73.5. The molecule has 1 N–H and O–H groups in total. The molecule has 0 heterocycles. The van der Waals surface area contributed by atoms with Crippen LogP contribution in [-0.2, 0) is 33.3 Å². The predicted octanol–water partition coefficient (Wildman–Crippen LogP) is 19.6. The molecule has 76 heavy (non-hydrogen) atoms. The predicted molar refractivity (Wildman–Crippen MR) is 323 cm³/mol. The lowest BCUT2D eigenvalue weighted by Crippen LogP contribution is -2.40. The summed E-state index contributed by atoms with van der Waals surface area (Å²) >= 11 is 0. The molecule has 9 heteroatoms. The van der Waals surface area contributed by atoms with Crippen LogP contribution in [0.15, 0.2) is 36.5 Å². The number of likely N-dealkylation sites (N-methyl/N-ethyl adjacent to an activating group) is 1. The van der Waals surface area contributed by atoms with E-state index in [1.165, 1.54) is 225 Å². The molecule has 0 aromatic rings. The van der Waals surface area contributed by atoms with E-state index in [1.54, 1.807) is 0 Å². The molecule has 0 spiro atoms. The van der Waals surface area contributed by atoms with E-state index in [9.17, 15) is 19.5 Å². The molecule has 446 valence electrons. The lowest BCUT2D eigenvalue weighted by molar-refractivity contribution is -0.870. The van der Waals surface area contributed by atoms with Gasteiger partial charge in [0.1, 0.15) is 13.2 Å². The fraction of sp³-hybridized carbons (Fsp3) is 0.866. The Morgan fingerprint density at radius 1 is 0.395 bits per heavy atom. The molecule has 0 saturated heterocycles. The summed E-state index contributed by atoms with van der Waals surface area (Å²) in [6, 6.07) is 0. The number of hydrogen-bond donors (Lipinski definition) is 1. The molecule has 0 bridgehead atoms. The van der Waals surface area contributed by atoms with Crippen molar-refractivity contribution in [3.63, 3.8) is 0 Å². The number of carbonyl (C=O) groups excluding carboxylic acids is 2. The number of carboxylic acid groups (broad SMARTS) is 1. The maximum Gasteiger partial charge on any atom is 0.361 e. The van der Waals surface area contributed by atoms with Crippen molar-refractivity contribution >= 4 is 17.9 Å². The summed E-state index contributed by atoms with van der Waals surface area (Å²) in [6.07, 6.45) is 69.6. The van der Waals surface area contributed by atoms with Crippen molar-refractivity contribution in [2.45, 2.75) is 328 Å². The molecule has 9 nitrogen and oxygen atoms in total. The second-order valence-corrected chi connectivity index (χ2v) is 23.4. The van der Waals surface area contributed by atoms with Gasteiger partial charge in [-0.3, -0.25) is 9.59 Å². The average Bonchev–Trinajstić information content (AvgIpc) is 3.39. The minimum Gasteiger partial charge on any atom is -0.477 e. The third-order valence-electron chi connectivity index (χ3n) is 14.6. The number of rotatable bonds is 61. The summed E-state index contributed by atoms with van der Waals surface area (Å²) in [5.74, 6) is -2.00. The minimum absolute atomic E-state index is 0.184. The van der Waals surface area contributed by atoms with Crippen LogP contribution in [0.5, 0.6) is 0 Å². The molecule has 0 aliphatic carbocycles. The Kier molecular flexibility index (Phi) is 56.7. The number of esters is 2. The molecule has 0 radical (unpaired) electrons. The topological polar surface area (TPSA) is 108 Å². The molecule has 0 aliphatic heterocycles. The van der Waals surface area contributed by atoms with Crippen LogP contribution in [0, 0.1) is 0 Å². The summed E-state index contributed by atoms with van der Waals surface area (Å²) < 4.78 is 22.9. The first-order valence-corrected chi connectivity index (χ1v) is 32.7. The largest absolute Gasteiger partial charge is 0.477 e. The Morgan fingerprint density at radius 3 is 1.05 bits per heavy atom. The first-order chi connectivity index (χ1) is 37.1. The Balaban J connectivity index is 4.11. The summed E-state index contributed by atoms with van der Waals surface area (Å²) in [7, 11) is 5.98. The Hall–Kier alpha value is -2.49. The van der Waals surface area contributed by atoms with Gasteiger partial charge >= 0.3 is 17.9 Å². The highest BCUT2D eigenvalue weighted by Gasteiger charge is 2.25. The van der Waals surface area contributed by atoms with Gasteiger partial charge in [-0.15, -0.1) is 0 Å². The fourth-order valence-electron chi connectivity index (χ4n) is 9.61. The lowest BCUT2D eigenvalue weighted by atomic mass is 10.0. The van der Waals surface area contributed by atoms with E-state index in [-0.39, 0.29) is 32.2 Å². The number of quaternary nitrogens is 1. The molecule has 0 fully saturated rings. The van der Waals surface area contributed by atoms with Crippen LogP contribution in [0.4, 0.5) is 0 Å². The van der Waals surface area contributed by atoms with E-state index < -0.39 is 24.3 Å². The highest BCUT2D eigenvalue weighted by Crippen LogP contribution is 2.18. The number of unbranched alkanes of at least 4 members (excludes halogenated alkanes) is 40. The molecule has 0 aromatic carbocycles. The lowest BCUT2D eigenvalue weighted by Gasteiger charge is -2.25. The zero-order valence-electron chi connectivity index (χ0n) is 50.9. The third kappa shape index (κ3) is 59.2. The van der Waals surface area contributed by atoms with Gasteiger partial charge < -0.3 is 28.5 Å². The monoisotopic (exact) mass is 1070 g/mol. The van der Waals surface area contributed by atoms with Crippen LogP contribution in [0.25, 0.3) is 0 Å². The van der Waals surface area contributed by atoms with Crippen molar-refractivity contribution in [3.8, 4) is 0 Å². The highest BCUT2D eigenvalue weighted by atomic mass is 16.7. The van der Waals surface area contributed by atoms with Gasteiger partial charge in [0.2, 0.25) is 0 Å². The van der Waals surface area contributed by atoms with E-state index in [0.717, 1.165) is 57.8 Å². The normalized spacial score (nSPS) is 12.9. The van der Waals surface area contributed by atoms with Crippen molar-refractivity contribution in [1.82, 2.24) is 0 Å². The second kappa shape index (κ2) is 58.7. The Bertz CT molecular complexity index is 1340. The zero-order chi connectivity index (χ0) is 55.5. The number of nitrogens with zero attached hydrogens (tertiary/aromatic N) is 1. The van der Waals surface area contributed by atoms with E-state index in [4.69, 9.17) is 18.9 Å². The van der Waals surface area contributed by atoms with Gasteiger partial charge in [-0.1, -0.05) is 288 Å². The number of ether oxygens (including phenoxy) is 4. The molecule has 2 atom stereocenters. The summed E-state index contributed by atoms with van der Waals surface area (Å²) in [5.41, 5.74) is 0. The van der Waals surface area contributed by atoms with E-state index >= 15 is 0 Å². The molecular weight excluding hydrogens is 947 g/mol.